The highest BCUT2D eigenvalue weighted by Crippen LogP contribution is 2.22. The minimum Gasteiger partial charge on any atom is -0.310 e. The molecule has 21 heavy (non-hydrogen) atoms. The van der Waals surface area contributed by atoms with Crippen molar-refractivity contribution >= 4 is 0 Å². The van der Waals surface area contributed by atoms with E-state index in [1.54, 1.807) is 6.07 Å². The fourth-order valence-corrected chi connectivity index (χ4v) is 2.71. The summed E-state index contributed by atoms with van der Waals surface area (Å²) < 4.78 is 26.5. The summed E-state index contributed by atoms with van der Waals surface area (Å²) in [4.78, 5) is 0. The van der Waals surface area contributed by atoms with Gasteiger partial charge < -0.3 is 5.32 Å². The van der Waals surface area contributed by atoms with E-state index in [0.717, 1.165) is 18.5 Å². The average Bonchev–Trinajstić information content (AvgIpc) is 2.40. The predicted molar refractivity (Wildman–Crippen MR) is 82.4 cm³/mol. The first-order valence-corrected chi connectivity index (χ1v) is 7.25. The third-order valence-electron chi connectivity index (χ3n) is 3.52. The van der Waals surface area contributed by atoms with Crippen molar-refractivity contribution in [2.45, 2.75) is 33.2 Å². The maximum absolute atomic E-state index is 13.4. The summed E-state index contributed by atoms with van der Waals surface area (Å²) >= 11 is 0. The van der Waals surface area contributed by atoms with E-state index in [1.165, 1.54) is 28.8 Å². The van der Waals surface area contributed by atoms with Gasteiger partial charge in [0.25, 0.3) is 0 Å². The van der Waals surface area contributed by atoms with Crippen molar-refractivity contribution < 1.29 is 8.78 Å². The normalized spacial score (nSPS) is 12.4. The summed E-state index contributed by atoms with van der Waals surface area (Å²) in [6.07, 6.45) is 0.751. The summed E-state index contributed by atoms with van der Waals surface area (Å²) in [5.41, 5.74) is 4.40. The zero-order valence-electron chi connectivity index (χ0n) is 12.7. The van der Waals surface area contributed by atoms with Crippen LogP contribution in [0.5, 0.6) is 0 Å². The number of halogens is 2. The Bertz CT molecular complexity index is 602. The van der Waals surface area contributed by atoms with E-state index in [0.29, 0.717) is 0 Å². The molecular weight excluding hydrogens is 268 g/mol. The Labute approximate surface area is 125 Å². The standard InChI is InChI=1S/C18H21F2N/c1-4-21-18(15-5-6-16(19)17(20)11-15)10-14-8-12(2)7-13(3)9-14/h5-9,11,18,21H,4,10H2,1-3H3. The molecule has 112 valence electrons. The van der Waals surface area contributed by atoms with Crippen LogP contribution in [0.4, 0.5) is 8.78 Å². The Morgan fingerprint density at radius 3 is 2.19 bits per heavy atom. The summed E-state index contributed by atoms with van der Waals surface area (Å²) in [5, 5.41) is 3.34. The van der Waals surface area contributed by atoms with Crippen molar-refractivity contribution in [1.82, 2.24) is 5.32 Å². The molecule has 3 heteroatoms. The average molecular weight is 289 g/mol. The van der Waals surface area contributed by atoms with Crippen molar-refractivity contribution in [3.63, 3.8) is 0 Å². The number of likely N-dealkylation sites (N-methyl/N-ethyl adjacent to an activating group) is 1. The largest absolute Gasteiger partial charge is 0.310 e. The van der Waals surface area contributed by atoms with Crippen LogP contribution < -0.4 is 5.32 Å². The topological polar surface area (TPSA) is 12.0 Å². The van der Waals surface area contributed by atoms with E-state index < -0.39 is 11.6 Å². The summed E-state index contributed by atoms with van der Waals surface area (Å²) in [5.74, 6) is -1.60. The third-order valence-corrected chi connectivity index (χ3v) is 3.52. The van der Waals surface area contributed by atoms with Crippen LogP contribution in [0, 0.1) is 25.5 Å². The Kier molecular flexibility index (Phi) is 5.07. The number of aryl methyl sites for hydroxylation is 2. The van der Waals surface area contributed by atoms with Crippen LogP contribution in [0.25, 0.3) is 0 Å². The minimum absolute atomic E-state index is 0.0219. The van der Waals surface area contributed by atoms with Crippen LogP contribution in [-0.4, -0.2) is 6.54 Å². The molecule has 0 aliphatic carbocycles. The number of benzene rings is 2. The lowest BCUT2D eigenvalue weighted by atomic mass is 9.96. The van der Waals surface area contributed by atoms with E-state index in [1.807, 2.05) is 6.92 Å². The van der Waals surface area contributed by atoms with Crippen LogP contribution in [-0.2, 0) is 6.42 Å². The first kappa shape index (κ1) is 15.6. The molecule has 1 atom stereocenters. The lowest BCUT2D eigenvalue weighted by Crippen LogP contribution is -2.23. The monoisotopic (exact) mass is 289 g/mol. The third kappa shape index (κ3) is 4.11. The molecule has 2 rings (SSSR count). The van der Waals surface area contributed by atoms with Crippen LogP contribution in [0.1, 0.15) is 35.2 Å². The van der Waals surface area contributed by atoms with E-state index in [9.17, 15) is 8.78 Å². The number of nitrogens with one attached hydrogen (secondary N) is 1. The van der Waals surface area contributed by atoms with Gasteiger partial charge in [-0.05, 0) is 50.1 Å². The van der Waals surface area contributed by atoms with Crippen LogP contribution in [0.15, 0.2) is 36.4 Å². The highest BCUT2D eigenvalue weighted by molar-refractivity contribution is 5.31. The molecule has 2 aromatic rings. The molecule has 0 spiro atoms. The second-order valence-corrected chi connectivity index (χ2v) is 5.48. The quantitative estimate of drug-likeness (QED) is 0.856. The smallest absolute Gasteiger partial charge is 0.159 e. The summed E-state index contributed by atoms with van der Waals surface area (Å²) in [6.45, 7) is 6.91. The molecule has 0 heterocycles. The Morgan fingerprint density at radius 2 is 1.62 bits per heavy atom. The van der Waals surface area contributed by atoms with Gasteiger partial charge in [-0.25, -0.2) is 8.78 Å². The summed E-state index contributed by atoms with van der Waals surface area (Å²) in [7, 11) is 0. The van der Waals surface area contributed by atoms with Gasteiger partial charge in [-0.3, -0.25) is 0 Å². The second-order valence-electron chi connectivity index (χ2n) is 5.48. The molecule has 1 N–H and O–H groups in total. The lowest BCUT2D eigenvalue weighted by Gasteiger charge is -2.19. The molecule has 0 amide bonds. The Morgan fingerprint density at radius 1 is 0.952 bits per heavy atom. The van der Waals surface area contributed by atoms with E-state index >= 15 is 0 Å². The van der Waals surface area contributed by atoms with Gasteiger partial charge >= 0.3 is 0 Å². The van der Waals surface area contributed by atoms with E-state index in [4.69, 9.17) is 0 Å². The molecule has 2 aromatic carbocycles. The fraction of sp³-hybridized carbons (Fsp3) is 0.333. The van der Waals surface area contributed by atoms with Crippen molar-refractivity contribution in [3.8, 4) is 0 Å². The van der Waals surface area contributed by atoms with Gasteiger partial charge in [0.15, 0.2) is 11.6 Å². The molecule has 0 aliphatic heterocycles. The van der Waals surface area contributed by atoms with Gasteiger partial charge in [0.1, 0.15) is 0 Å². The molecule has 0 saturated heterocycles. The van der Waals surface area contributed by atoms with Gasteiger partial charge in [0.05, 0.1) is 0 Å². The zero-order valence-corrected chi connectivity index (χ0v) is 12.7. The fourth-order valence-electron chi connectivity index (χ4n) is 2.71. The predicted octanol–water partition coefficient (Wildman–Crippen LogP) is 4.47. The number of hydrogen-bond donors (Lipinski definition) is 1. The summed E-state index contributed by atoms with van der Waals surface area (Å²) in [6, 6.07) is 10.5. The van der Waals surface area contributed by atoms with Gasteiger partial charge in [-0.1, -0.05) is 42.3 Å². The van der Waals surface area contributed by atoms with Crippen LogP contribution in [0.2, 0.25) is 0 Å². The Balaban J connectivity index is 2.27. The molecule has 1 unspecified atom stereocenters. The van der Waals surface area contributed by atoms with Gasteiger partial charge in [-0.2, -0.15) is 0 Å². The highest BCUT2D eigenvalue weighted by atomic mass is 19.2. The van der Waals surface area contributed by atoms with Crippen molar-refractivity contribution in [2.24, 2.45) is 0 Å². The first-order valence-electron chi connectivity index (χ1n) is 7.25. The zero-order chi connectivity index (χ0) is 15.4. The van der Waals surface area contributed by atoms with E-state index in [-0.39, 0.29) is 6.04 Å². The molecule has 0 aliphatic rings. The first-order chi connectivity index (χ1) is 9.99. The van der Waals surface area contributed by atoms with Crippen LogP contribution in [0.3, 0.4) is 0 Å². The Hall–Kier alpha value is -1.74. The maximum atomic E-state index is 13.4. The van der Waals surface area contributed by atoms with Gasteiger partial charge in [0, 0.05) is 6.04 Å². The molecule has 0 radical (unpaired) electrons. The van der Waals surface area contributed by atoms with Gasteiger partial charge in [-0.15, -0.1) is 0 Å². The molecule has 0 bridgehead atoms. The molecule has 1 nitrogen and oxygen atoms in total. The van der Waals surface area contributed by atoms with Crippen molar-refractivity contribution in [3.05, 3.63) is 70.3 Å². The van der Waals surface area contributed by atoms with Crippen molar-refractivity contribution in [1.29, 1.82) is 0 Å². The lowest BCUT2D eigenvalue weighted by molar-refractivity contribution is 0.497. The van der Waals surface area contributed by atoms with Crippen molar-refractivity contribution in [2.75, 3.05) is 6.54 Å². The minimum atomic E-state index is -0.805. The van der Waals surface area contributed by atoms with E-state index in [2.05, 4.69) is 37.4 Å². The number of rotatable bonds is 5. The second kappa shape index (κ2) is 6.81. The highest BCUT2D eigenvalue weighted by Gasteiger charge is 2.14. The van der Waals surface area contributed by atoms with Crippen LogP contribution >= 0.6 is 0 Å². The van der Waals surface area contributed by atoms with Gasteiger partial charge in [0.2, 0.25) is 0 Å². The molecule has 0 aromatic heterocycles. The molecule has 0 fully saturated rings. The molecular formula is C18H21F2N. The SMILES string of the molecule is CCNC(Cc1cc(C)cc(C)c1)c1ccc(F)c(F)c1. The molecule has 0 saturated carbocycles. The number of hydrogen-bond acceptors (Lipinski definition) is 1. The maximum Gasteiger partial charge on any atom is 0.159 e.